The van der Waals surface area contributed by atoms with Gasteiger partial charge in [-0.25, -0.2) is 8.42 Å². The molecule has 3 rings (SSSR count). The molecule has 27 heavy (non-hydrogen) atoms. The Bertz CT molecular complexity index is 820. The van der Waals surface area contributed by atoms with E-state index in [2.05, 4.69) is 5.32 Å². The fraction of sp³-hybridized carbons (Fsp3) is 0.500. The molecule has 1 fully saturated rings. The normalized spacial score (nSPS) is 26.5. The Morgan fingerprint density at radius 1 is 1.11 bits per heavy atom. The molecule has 146 valence electrons. The van der Waals surface area contributed by atoms with Crippen LogP contribution in [0, 0.1) is 11.8 Å². The second-order valence-corrected chi connectivity index (χ2v) is 9.67. The van der Waals surface area contributed by atoms with E-state index >= 15 is 0 Å². The number of benzene rings is 1. The van der Waals surface area contributed by atoms with Gasteiger partial charge < -0.3 is 10.2 Å². The third-order valence-corrected chi connectivity index (χ3v) is 7.07. The summed E-state index contributed by atoms with van der Waals surface area (Å²) in [5.74, 6) is -1.03. The van der Waals surface area contributed by atoms with Gasteiger partial charge in [-0.3, -0.25) is 9.59 Å². The Morgan fingerprint density at radius 2 is 1.78 bits per heavy atom. The van der Waals surface area contributed by atoms with Gasteiger partial charge in [-0.2, -0.15) is 0 Å². The van der Waals surface area contributed by atoms with Crippen molar-refractivity contribution in [2.45, 2.75) is 31.8 Å². The van der Waals surface area contributed by atoms with E-state index < -0.39 is 21.7 Å². The summed E-state index contributed by atoms with van der Waals surface area (Å²) >= 11 is 0. The van der Waals surface area contributed by atoms with Gasteiger partial charge >= 0.3 is 0 Å². The summed E-state index contributed by atoms with van der Waals surface area (Å²) in [6.07, 6.45) is 5.35. The second kappa shape index (κ2) is 8.25. The van der Waals surface area contributed by atoms with E-state index in [1.165, 1.54) is 0 Å². The molecule has 0 aromatic heterocycles. The van der Waals surface area contributed by atoms with Crippen molar-refractivity contribution in [1.82, 2.24) is 10.2 Å². The van der Waals surface area contributed by atoms with Crippen molar-refractivity contribution in [3.05, 3.63) is 48.0 Å². The maximum atomic E-state index is 13.0. The number of carbonyl (C=O) groups is 2. The largest absolute Gasteiger partial charge is 0.352 e. The van der Waals surface area contributed by atoms with Gasteiger partial charge in [0.15, 0.2) is 9.84 Å². The number of nitrogens with one attached hydrogen (secondary N) is 1. The lowest BCUT2D eigenvalue weighted by Gasteiger charge is -2.31. The van der Waals surface area contributed by atoms with Crippen molar-refractivity contribution in [2.75, 3.05) is 18.6 Å². The molecule has 2 amide bonds. The highest BCUT2D eigenvalue weighted by atomic mass is 32.2. The Morgan fingerprint density at radius 3 is 2.41 bits per heavy atom. The van der Waals surface area contributed by atoms with Crippen molar-refractivity contribution < 1.29 is 18.0 Å². The average molecular weight is 391 g/mol. The molecule has 1 aromatic rings. The summed E-state index contributed by atoms with van der Waals surface area (Å²) in [4.78, 5) is 27.4. The number of nitrogens with zero attached hydrogens (tertiary/aromatic N) is 1. The zero-order valence-corrected chi connectivity index (χ0v) is 16.3. The van der Waals surface area contributed by atoms with Gasteiger partial charge in [0, 0.05) is 19.6 Å². The zero-order chi connectivity index (χ0) is 19.4. The number of hydrogen-bond donors (Lipinski definition) is 1. The van der Waals surface area contributed by atoms with E-state index in [0.717, 1.165) is 5.56 Å². The molecule has 2 aliphatic rings. The highest BCUT2D eigenvalue weighted by molar-refractivity contribution is 7.91. The van der Waals surface area contributed by atoms with E-state index in [-0.39, 0.29) is 29.4 Å². The molecule has 0 spiro atoms. The molecule has 6 nitrogen and oxygen atoms in total. The molecule has 1 N–H and O–H groups in total. The van der Waals surface area contributed by atoms with Crippen LogP contribution >= 0.6 is 0 Å². The van der Waals surface area contributed by atoms with Crippen LogP contribution in [-0.2, 0) is 26.0 Å². The average Bonchev–Trinajstić information content (AvgIpc) is 3.00. The number of allylic oxidation sites excluding steroid dienone is 2. The lowest BCUT2D eigenvalue weighted by Crippen LogP contribution is -2.46. The van der Waals surface area contributed by atoms with Crippen LogP contribution in [0.4, 0.5) is 0 Å². The van der Waals surface area contributed by atoms with E-state index in [0.29, 0.717) is 25.8 Å². The van der Waals surface area contributed by atoms with Gasteiger partial charge in [0.2, 0.25) is 11.8 Å². The monoisotopic (exact) mass is 390 g/mol. The van der Waals surface area contributed by atoms with Crippen molar-refractivity contribution in [3.8, 4) is 0 Å². The molecule has 7 heteroatoms. The highest BCUT2D eigenvalue weighted by Gasteiger charge is 2.37. The van der Waals surface area contributed by atoms with E-state index in [4.69, 9.17) is 0 Å². The maximum absolute atomic E-state index is 13.0. The van der Waals surface area contributed by atoms with Crippen molar-refractivity contribution in [3.63, 3.8) is 0 Å². The molecule has 1 aliphatic heterocycles. The van der Waals surface area contributed by atoms with Crippen molar-refractivity contribution in [2.24, 2.45) is 11.8 Å². The van der Waals surface area contributed by atoms with Gasteiger partial charge in [-0.05, 0) is 24.8 Å². The SMILES string of the molecule is CN(Cc1ccccc1)C(=O)[C@@H]1CC=CC[C@@H]1C(=O)N[C@@H]1CCS(=O)(=O)C1. The minimum absolute atomic E-state index is 0.00613. The molecule has 1 aliphatic carbocycles. The second-order valence-electron chi connectivity index (χ2n) is 7.44. The van der Waals surface area contributed by atoms with Gasteiger partial charge in [-0.1, -0.05) is 42.5 Å². The zero-order valence-electron chi connectivity index (χ0n) is 15.5. The predicted molar refractivity (Wildman–Crippen MR) is 103 cm³/mol. The van der Waals surface area contributed by atoms with Crippen LogP contribution in [-0.4, -0.2) is 49.7 Å². The maximum Gasteiger partial charge on any atom is 0.226 e. The first-order valence-electron chi connectivity index (χ1n) is 9.30. The van der Waals surface area contributed by atoms with E-state index in [9.17, 15) is 18.0 Å². The third-order valence-electron chi connectivity index (χ3n) is 5.30. The van der Waals surface area contributed by atoms with Crippen LogP contribution in [0.5, 0.6) is 0 Å². The quantitative estimate of drug-likeness (QED) is 0.773. The molecular weight excluding hydrogens is 364 g/mol. The Kier molecular flexibility index (Phi) is 5.99. The molecule has 0 unspecified atom stereocenters. The molecule has 0 radical (unpaired) electrons. The number of carbonyl (C=O) groups excluding carboxylic acids is 2. The standard InChI is InChI=1S/C20H26N2O4S/c1-22(13-15-7-3-2-4-8-15)20(24)18-10-6-5-9-17(18)19(23)21-16-11-12-27(25,26)14-16/h2-8,16-18H,9-14H2,1H3,(H,21,23)/t16-,17+,18-/m1/s1. The van der Waals surface area contributed by atoms with Gasteiger partial charge in [0.25, 0.3) is 0 Å². The van der Waals surface area contributed by atoms with Crippen LogP contribution in [0.25, 0.3) is 0 Å². The topological polar surface area (TPSA) is 83.6 Å². The van der Waals surface area contributed by atoms with Gasteiger partial charge in [-0.15, -0.1) is 0 Å². The minimum Gasteiger partial charge on any atom is -0.352 e. The Labute approximate surface area is 160 Å². The van der Waals surface area contributed by atoms with Crippen LogP contribution in [0.1, 0.15) is 24.8 Å². The molecule has 3 atom stereocenters. The molecule has 1 heterocycles. The first kappa shape index (κ1) is 19.6. The van der Waals surface area contributed by atoms with Crippen LogP contribution in [0.15, 0.2) is 42.5 Å². The molecule has 1 aromatic carbocycles. The van der Waals surface area contributed by atoms with E-state index in [1.807, 2.05) is 42.5 Å². The fourth-order valence-electron chi connectivity index (χ4n) is 3.81. The number of sulfone groups is 1. The summed E-state index contributed by atoms with van der Waals surface area (Å²) < 4.78 is 23.2. The van der Waals surface area contributed by atoms with Crippen LogP contribution < -0.4 is 5.32 Å². The van der Waals surface area contributed by atoms with Crippen molar-refractivity contribution in [1.29, 1.82) is 0 Å². The van der Waals surface area contributed by atoms with Crippen molar-refractivity contribution >= 4 is 21.7 Å². The number of rotatable bonds is 5. The summed E-state index contributed by atoms with van der Waals surface area (Å²) in [6.45, 7) is 0.495. The number of hydrogen-bond acceptors (Lipinski definition) is 4. The fourth-order valence-corrected chi connectivity index (χ4v) is 5.49. The number of amides is 2. The highest BCUT2D eigenvalue weighted by Crippen LogP contribution is 2.28. The first-order valence-corrected chi connectivity index (χ1v) is 11.1. The molecule has 0 saturated carbocycles. The summed E-state index contributed by atoms with van der Waals surface area (Å²) in [6, 6.07) is 9.39. The van der Waals surface area contributed by atoms with Gasteiger partial charge in [0.05, 0.1) is 23.3 Å². The Balaban J connectivity index is 1.64. The summed E-state index contributed by atoms with van der Waals surface area (Å²) in [5.41, 5.74) is 1.04. The van der Waals surface area contributed by atoms with E-state index in [1.54, 1.807) is 11.9 Å². The van der Waals surface area contributed by atoms with Crippen LogP contribution in [0.2, 0.25) is 0 Å². The third kappa shape index (κ3) is 4.97. The Hall–Kier alpha value is -2.15. The molecular formula is C20H26N2O4S. The lowest BCUT2D eigenvalue weighted by molar-refractivity contribution is -0.141. The summed E-state index contributed by atoms with van der Waals surface area (Å²) in [5, 5.41) is 2.85. The lowest BCUT2D eigenvalue weighted by atomic mass is 9.81. The smallest absolute Gasteiger partial charge is 0.226 e. The minimum atomic E-state index is -3.05. The van der Waals surface area contributed by atoms with Crippen LogP contribution in [0.3, 0.4) is 0 Å². The predicted octanol–water partition coefficient (Wildman–Crippen LogP) is 1.53. The summed E-state index contributed by atoms with van der Waals surface area (Å²) in [7, 11) is -1.30. The molecule has 0 bridgehead atoms. The van der Waals surface area contributed by atoms with Gasteiger partial charge in [0.1, 0.15) is 0 Å². The first-order chi connectivity index (χ1) is 12.9. The molecule has 1 saturated heterocycles.